The van der Waals surface area contributed by atoms with Gasteiger partial charge < -0.3 is 15.0 Å². The number of carbonyl (C=O) groups is 1. The molecule has 0 bridgehead atoms. The summed E-state index contributed by atoms with van der Waals surface area (Å²) in [6.45, 7) is 0. The fourth-order valence-corrected chi connectivity index (χ4v) is 2.58. The Morgan fingerprint density at radius 1 is 1.11 bits per heavy atom. The van der Waals surface area contributed by atoms with Crippen LogP contribution in [0.15, 0.2) is 30.5 Å². The molecular formula is C11H8Br3NO3-2. The molecule has 98 valence electrons. The maximum absolute atomic E-state index is 11.5. The second-order valence-corrected chi connectivity index (χ2v) is 5.96. The smallest absolute Gasteiger partial charge is 0.0641 e. The topological polar surface area (TPSA) is 75.5 Å². The summed E-state index contributed by atoms with van der Waals surface area (Å²) in [5.41, 5.74) is 0.510. The third kappa shape index (κ3) is 5.07. The number of hydrogen-bond donors (Lipinski definition) is 0. The van der Waals surface area contributed by atoms with Crippen LogP contribution in [0.1, 0.15) is 19.3 Å². The van der Waals surface area contributed by atoms with Crippen LogP contribution in [0.25, 0.3) is 0 Å². The van der Waals surface area contributed by atoms with Gasteiger partial charge in [0.2, 0.25) is 0 Å². The average Bonchev–Trinajstić information content (AvgIpc) is 2.25. The van der Waals surface area contributed by atoms with Crippen LogP contribution in [0.4, 0.5) is 5.69 Å². The van der Waals surface area contributed by atoms with E-state index in [9.17, 15) is 15.0 Å². The summed E-state index contributed by atoms with van der Waals surface area (Å²) < 4.78 is 2.39. The minimum absolute atomic E-state index is 0.0965. The Kier molecular flexibility index (Phi) is 6.31. The summed E-state index contributed by atoms with van der Waals surface area (Å²) in [7, 11) is 0. The zero-order valence-electron chi connectivity index (χ0n) is 9.08. The lowest BCUT2D eigenvalue weighted by molar-refractivity contribution is -0.305. The van der Waals surface area contributed by atoms with Gasteiger partial charge in [0.15, 0.2) is 0 Å². The zero-order chi connectivity index (χ0) is 13.7. The summed E-state index contributed by atoms with van der Waals surface area (Å²) >= 11 is 9.99. The summed E-state index contributed by atoms with van der Waals surface area (Å²) in [6, 6.07) is 3.40. The average molecular weight is 442 g/mol. The Labute approximate surface area is 130 Å². The lowest BCUT2D eigenvalue weighted by Crippen LogP contribution is -2.23. The van der Waals surface area contributed by atoms with E-state index in [0.717, 1.165) is 13.4 Å². The fraction of sp³-hybridized carbons (Fsp3) is 0.273. The number of carbonyl (C=O) groups excluding carboxylic acids is 1. The predicted molar refractivity (Wildman–Crippen MR) is 75.5 cm³/mol. The predicted octanol–water partition coefficient (Wildman–Crippen LogP) is 2.28. The first-order valence-corrected chi connectivity index (χ1v) is 7.37. The van der Waals surface area contributed by atoms with E-state index < -0.39 is 5.97 Å². The molecule has 1 aromatic rings. The largest absolute Gasteiger partial charge is 0.862 e. The molecule has 0 heterocycles. The van der Waals surface area contributed by atoms with Gasteiger partial charge in [-0.25, -0.2) is 0 Å². The van der Waals surface area contributed by atoms with Crippen LogP contribution >= 0.6 is 47.8 Å². The fourth-order valence-electron chi connectivity index (χ4n) is 1.19. The van der Waals surface area contributed by atoms with E-state index in [4.69, 9.17) is 0 Å². The number of aliphatic carboxylic acids is 1. The molecule has 18 heavy (non-hydrogen) atoms. The molecule has 0 aromatic heterocycles. The number of carboxylic acid groups (broad SMARTS) is 1. The van der Waals surface area contributed by atoms with Gasteiger partial charge in [-0.15, -0.1) is 0 Å². The third-order valence-electron chi connectivity index (χ3n) is 1.99. The lowest BCUT2D eigenvalue weighted by atomic mass is 10.2. The molecule has 0 fully saturated rings. The molecule has 1 aromatic carbocycles. The van der Waals surface area contributed by atoms with Gasteiger partial charge in [-0.1, -0.05) is 0 Å². The Balaban J connectivity index is 2.73. The second kappa shape index (κ2) is 7.25. The molecule has 0 saturated heterocycles. The molecule has 0 saturated carbocycles. The number of halogens is 3. The highest BCUT2D eigenvalue weighted by Gasteiger charge is 2.03. The van der Waals surface area contributed by atoms with Crippen molar-refractivity contribution in [3.8, 4) is 0 Å². The van der Waals surface area contributed by atoms with Gasteiger partial charge in [0.05, 0.1) is 5.69 Å². The van der Waals surface area contributed by atoms with E-state index in [1.807, 2.05) is 0 Å². The normalized spacial score (nSPS) is 11.6. The first-order valence-electron chi connectivity index (χ1n) is 4.99. The molecular weight excluding hydrogens is 434 g/mol. The molecule has 0 amide bonds. The van der Waals surface area contributed by atoms with Crippen molar-refractivity contribution >= 4 is 65.3 Å². The summed E-state index contributed by atoms with van der Waals surface area (Å²) in [5, 5.41) is 21.7. The van der Waals surface area contributed by atoms with Crippen LogP contribution in [-0.4, -0.2) is 11.9 Å². The van der Waals surface area contributed by atoms with Crippen molar-refractivity contribution in [1.82, 2.24) is 0 Å². The minimum Gasteiger partial charge on any atom is -0.862 e. The van der Waals surface area contributed by atoms with E-state index in [0.29, 0.717) is 5.69 Å². The van der Waals surface area contributed by atoms with Gasteiger partial charge in [-0.2, -0.15) is 0 Å². The Morgan fingerprint density at radius 2 is 1.67 bits per heavy atom. The van der Waals surface area contributed by atoms with Crippen LogP contribution < -0.4 is 10.2 Å². The number of benzene rings is 1. The molecule has 0 aliphatic heterocycles. The minimum atomic E-state index is -1.16. The van der Waals surface area contributed by atoms with Crippen LogP contribution in [0.5, 0.6) is 0 Å². The molecule has 1 rings (SSSR count). The van der Waals surface area contributed by atoms with Crippen LogP contribution in [-0.2, 0) is 4.79 Å². The molecule has 0 aliphatic rings. The van der Waals surface area contributed by atoms with Crippen molar-refractivity contribution in [3.05, 3.63) is 25.6 Å². The van der Waals surface area contributed by atoms with Crippen molar-refractivity contribution in [2.45, 2.75) is 19.3 Å². The van der Waals surface area contributed by atoms with E-state index >= 15 is 0 Å². The van der Waals surface area contributed by atoms with Gasteiger partial charge in [0.1, 0.15) is 0 Å². The van der Waals surface area contributed by atoms with Gasteiger partial charge in [0, 0.05) is 19.4 Å². The molecule has 0 unspecified atom stereocenters. The van der Waals surface area contributed by atoms with Crippen molar-refractivity contribution in [2.75, 3.05) is 0 Å². The Morgan fingerprint density at radius 3 is 2.17 bits per heavy atom. The van der Waals surface area contributed by atoms with Crippen molar-refractivity contribution in [2.24, 2.45) is 4.99 Å². The molecule has 0 spiro atoms. The van der Waals surface area contributed by atoms with Crippen LogP contribution in [0.2, 0.25) is 0 Å². The number of hydrogen-bond acceptors (Lipinski definition) is 4. The standard InChI is InChI=1S/C11H10Br3NO3/c12-7-4-6(5-8(13)11(7)14)15-9(16)2-1-3-10(17)18/h4-5H,1-3H2,(H,15,16)(H,17,18)/p-2. The number of rotatable bonds is 5. The maximum Gasteiger partial charge on any atom is 0.0641 e. The molecule has 7 heteroatoms. The number of aliphatic imine (C=N–C) groups is 1. The molecule has 0 atom stereocenters. The molecule has 0 N–H and O–H groups in total. The van der Waals surface area contributed by atoms with Crippen LogP contribution in [0.3, 0.4) is 0 Å². The SMILES string of the molecule is O=C([O-])CCCC([O-])=Nc1cc(Br)c(Br)c(Br)c1. The van der Waals surface area contributed by atoms with E-state index in [1.165, 1.54) is 0 Å². The van der Waals surface area contributed by atoms with Crippen molar-refractivity contribution < 1.29 is 15.0 Å². The Bertz CT molecular complexity index is 465. The monoisotopic (exact) mass is 439 g/mol. The van der Waals surface area contributed by atoms with Gasteiger partial charge in [0.25, 0.3) is 0 Å². The number of nitrogens with zero attached hydrogens (tertiary/aromatic N) is 1. The molecule has 4 nitrogen and oxygen atoms in total. The van der Waals surface area contributed by atoms with Crippen molar-refractivity contribution in [3.63, 3.8) is 0 Å². The third-order valence-corrected chi connectivity index (χ3v) is 5.16. The summed E-state index contributed by atoms with van der Waals surface area (Å²) in [4.78, 5) is 14.1. The van der Waals surface area contributed by atoms with Gasteiger partial charge >= 0.3 is 0 Å². The zero-order valence-corrected chi connectivity index (χ0v) is 13.8. The van der Waals surface area contributed by atoms with E-state index in [-0.39, 0.29) is 25.2 Å². The highest BCUT2D eigenvalue weighted by molar-refractivity contribution is 9.14. The van der Waals surface area contributed by atoms with Gasteiger partial charge in [-0.05, 0) is 85.1 Å². The van der Waals surface area contributed by atoms with Crippen molar-refractivity contribution in [1.29, 1.82) is 0 Å². The highest BCUT2D eigenvalue weighted by atomic mass is 79.9. The summed E-state index contributed by atoms with van der Waals surface area (Å²) in [5.74, 6) is -1.51. The van der Waals surface area contributed by atoms with Gasteiger partial charge in [-0.3, -0.25) is 4.99 Å². The second-order valence-electron chi connectivity index (χ2n) is 3.45. The quantitative estimate of drug-likeness (QED) is 0.399. The maximum atomic E-state index is 11.5. The highest BCUT2D eigenvalue weighted by Crippen LogP contribution is 2.35. The van der Waals surface area contributed by atoms with E-state index in [2.05, 4.69) is 52.8 Å². The van der Waals surface area contributed by atoms with E-state index in [1.54, 1.807) is 12.1 Å². The summed E-state index contributed by atoms with van der Waals surface area (Å²) in [6.07, 6.45) is 0.206. The first-order chi connectivity index (χ1) is 8.40. The lowest BCUT2D eigenvalue weighted by Gasteiger charge is -2.11. The Hall–Kier alpha value is -0.400. The first kappa shape index (κ1) is 15.7. The molecule has 0 aliphatic carbocycles. The van der Waals surface area contributed by atoms with Crippen LogP contribution in [0, 0.1) is 0 Å². The molecule has 0 radical (unpaired) electrons. The number of carboxylic acids is 1.